The monoisotopic (exact) mass is 200 g/mol. The van der Waals surface area contributed by atoms with Crippen LogP contribution in [0.15, 0.2) is 0 Å². The first kappa shape index (κ1) is 11.5. The minimum absolute atomic E-state index is 0.0446. The topological polar surface area (TPSA) is 64.3 Å². The minimum Gasteiger partial charge on any atom is -0.368 e. The molecule has 1 unspecified atom stereocenters. The molecule has 0 aromatic heterocycles. The third kappa shape index (κ3) is 4.07. The van der Waals surface area contributed by atoms with Gasteiger partial charge in [-0.15, -0.1) is 0 Å². The molecular weight excluding hydrogens is 180 g/mol. The highest BCUT2D eigenvalue weighted by Crippen LogP contribution is 2.26. The van der Waals surface area contributed by atoms with Gasteiger partial charge in [0.2, 0.25) is 5.91 Å². The average Bonchev–Trinajstić information content (AvgIpc) is 2.18. The van der Waals surface area contributed by atoms with Gasteiger partial charge in [-0.1, -0.05) is 19.3 Å². The summed E-state index contributed by atoms with van der Waals surface area (Å²) in [7, 11) is 0. The van der Waals surface area contributed by atoms with E-state index in [-0.39, 0.29) is 6.61 Å². The van der Waals surface area contributed by atoms with E-state index in [9.17, 15) is 4.79 Å². The Morgan fingerprint density at radius 3 is 2.71 bits per heavy atom. The summed E-state index contributed by atoms with van der Waals surface area (Å²) < 4.78 is 0. The molecule has 0 saturated heterocycles. The van der Waals surface area contributed by atoms with E-state index < -0.39 is 5.91 Å². The molecule has 3 N–H and O–H groups in total. The van der Waals surface area contributed by atoms with E-state index in [0.717, 1.165) is 0 Å². The standard InChI is InChI=1S/C10H20N2O2/c1-8(12-14-7-10(11)13)9-5-3-2-4-6-9/h8-9,12H,2-7H2,1H3,(H2,11,13). The Morgan fingerprint density at radius 2 is 2.14 bits per heavy atom. The molecule has 4 nitrogen and oxygen atoms in total. The van der Waals surface area contributed by atoms with Crippen molar-refractivity contribution in [2.75, 3.05) is 6.61 Å². The zero-order valence-electron chi connectivity index (χ0n) is 8.79. The smallest absolute Gasteiger partial charge is 0.245 e. The van der Waals surface area contributed by atoms with Gasteiger partial charge in [0.05, 0.1) is 0 Å². The van der Waals surface area contributed by atoms with Crippen LogP contribution in [0.2, 0.25) is 0 Å². The number of hydroxylamine groups is 1. The number of hydrogen-bond donors (Lipinski definition) is 2. The number of nitrogens with one attached hydrogen (secondary N) is 1. The fourth-order valence-electron chi connectivity index (χ4n) is 1.97. The van der Waals surface area contributed by atoms with Gasteiger partial charge in [0.1, 0.15) is 6.61 Å². The highest BCUT2D eigenvalue weighted by atomic mass is 16.6. The molecule has 14 heavy (non-hydrogen) atoms. The molecule has 0 aromatic rings. The van der Waals surface area contributed by atoms with E-state index in [4.69, 9.17) is 10.6 Å². The van der Waals surface area contributed by atoms with Gasteiger partial charge < -0.3 is 5.73 Å². The molecule has 0 radical (unpaired) electrons. The molecule has 1 amide bonds. The molecule has 0 bridgehead atoms. The van der Waals surface area contributed by atoms with Gasteiger partial charge in [0.25, 0.3) is 0 Å². The normalized spacial score (nSPS) is 20.6. The number of nitrogens with two attached hydrogens (primary N) is 1. The van der Waals surface area contributed by atoms with Crippen molar-refractivity contribution in [1.29, 1.82) is 0 Å². The Kier molecular flexibility index (Phi) is 4.90. The van der Waals surface area contributed by atoms with Crippen LogP contribution >= 0.6 is 0 Å². The number of rotatable bonds is 5. The Morgan fingerprint density at radius 1 is 1.50 bits per heavy atom. The summed E-state index contributed by atoms with van der Waals surface area (Å²) in [6.45, 7) is 2.05. The fraction of sp³-hybridized carbons (Fsp3) is 0.900. The van der Waals surface area contributed by atoms with Gasteiger partial charge in [-0.3, -0.25) is 9.63 Å². The largest absolute Gasteiger partial charge is 0.368 e. The first-order chi connectivity index (χ1) is 6.70. The van der Waals surface area contributed by atoms with Crippen LogP contribution in [-0.4, -0.2) is 18.6 Å². The Bertz CT molecular complexity index is 179. The second-order valence-electron chi connectivity index (χ2n) is 4.06. The van der Waals surface area contributed by atoms with Gasteiger partial charge in [-0.05, 0) is 25.7 Å². The van der Waals surface area contributed by atoms with Gasteiger partial charge >= 0.3 is 0 Å². The molecule has 82 valence electrons. The molecule has 1 fully saturated rings. The summed E-state index contributed by atoms with van der Waals surface area (Å²) in [5.74, 6) is 0.241. The number of primary amides is 1. The summed E-state index contributed by atoms with van der Waals surface area (Å²) in [4.78, 5) is 15.4. The Balaban J connectivity index is 2.13. The first-order valence-corrected chi connectivity index (χ1v) is 5.36. The van der Waals surface area contributed by atoms with Crippen molar-refractivity contribution >= 4 is 5.91 Å². The van der Waals surface area contributed by atoms with Crippen molar-refractivity contribution < 1.29 is 9.63 Å². The lowest BCUT2D eigenvalue weighted by atomic mass is 9.85. The summed E-state index contributed by atoms with van der Waals surface area (Å²) in [6.07, 6.45) is 6.49. The third-order valence-electron chi connectivity index (χ3n) is 2.84. The molecule has 0 aliphatic heterocycles. The van der Waals surface area contributed by atoms with E-state index in [1.807, 2.05) is 0 Å². The summed E-state index contributed by atoms with van der Waals surface area (Å²) in [5.41, 5.74) is 7.84. The number of hydrogen-bond acceptors (Lipinski definition) is 3. The van der Waals surface area contributed by atoms with Crippen molar-refractivity contribution in [3.05, 3.63) is 0 Å². The number of carbonyl (C=O) groups is 1. The van der Waals surface area contributed by atoms with Crippen LogP contribution in [-0.2, 0) is 9.63 Å². The van der Waals surface area contributed by atoms with Crippen molar-refractivity contribution in [1.82, 2.24) is 5.48 Å². The van der Waals surface area contributed by atoms with Crippen molar-refractivity contribution in [3.63, 3.8) is 0 Å². The van der Waals surface area contributed by atoms with Gasteiger partial charge in [-0.2, -0.15) is 5.48 Å². The highest BCUT2D eigenvalue weighted by molar-refractivity contribution is 5.74. The molecule has 0 heterocycles. The van der Waals surface area contributed by atoms with Crippen LogP contribution in [0.3, 0.4) is 0 Å². The van der Waals surface area contributed by atoms with Crippen LogP contribution in [0.4, 0.5) is 0 Å². The van der Waals surface area contributed by atoms with Crippen LogP contribution in [0.5, 0.6) is 0 Å². The average molecular weight is 200 g/mol. The van der Waals surface area contributed by atoms with Crippen LogP contribution in [0.1, 0.15) is 39.0 Å². The molecule has 1 aliphatic rings. The lowest BCUT2D eigenvalue weighted by molar-refractivity contribution is -0.126. The van der Waals surface area contributed by atoms with E-state index in [1.54, 1.807) is 0 Å². The molecular formula is C10H20N2O2. The summed E-state index contributed by atoms with van der Waals surface area (Å²) in [6, 6.07) is 0.314. The van der Waals surface area contributed by atoms with Gasteiger partial charge in [0.15, 0.2) is 0 Å². The maximum atomic E-state index is 10.4. The number of amides is 1. The molecule has 1 aliphatic carbocycles. The van der Waals surface area contributed by atoms with Crippen molar-refractivity contribution in [3.8, 4) is 0 Å². The molecule has 1 saturated carbocycles. The quantitative estimate of drug-likeness (QED) is 0.650. The molecule has 0 aromatic carbocycles. The molecule has 0 spiro atoms. The van der Waals surface area contributed by atoms with Gasteiger partial charge in [-0.25, -0.2) is 0 Å². The first-order valence-electron chi connectivity index (χ1n) is 5.36. The lowest BCUT2D eigenvalue weighted by Gasteiger charge is -2.27. The number of carbonyl (C=O) groups excluding carboxylic acids is 1. The van der Waals surface area contributed by atoms with Crippen LogP contribution in [0.25, 0.3) is 0 Å². The van der Waals surface area contributed by atoms with Crippen molar-refractivity contribution in [2.24, 2.45) is 11.7 Å². The van der Waals surface area contributed by atoms with Crippen LogP contribution < -0.4 is 11.2 Å². The lowest BCUT2D eigenvalue weighted by Crippen LogP contribution is -2.36. The molecule has 1 atom stereocenters. The van der Waals surface area contributed by atoms with Crippen LogP contribution in [0, 0.1) is 5.92 Å². The third-order valence-corrected chi connectivity index (χ3v) is 2.84. The Labute approximate surface area is 85.1 Å². The SMILES string of the molecule is CC(NOCC(N)=O)C1CCCCC1. The predicted octanol–water partition coefficient (Wildman–Crippen LogP) is 0.962. The van der Waals surface area contributed by atoms with E-state index in [2.05, 4.69) is 12.4 Å². The van der Waals surface area contributed by atoms with Crippen molar-refractivity contribution in [2.45, 2.75) is 45.1 Å². The maximum absolute atomic E-state index is 10.4. The molecule has 4 heteroatoms. The predicted molar refractivity (Wildman–Crippen MR) is 54.3 cm³/mol. The van der Waals surface area contributed by atoms with Gasteiger partial charge in [0, 0.05) is 6.04 Å². The minimum atomic E-state index is -0.437. The summed E-state index contributed by atoms with van der Waals surface area (Å²) in [5, 5.41) is 0. The Hall–Kier alpha value is -0.610. The van der Waals surface area contributed by atoms with E-state index >= 15 is 0 Å². The second kappa shape index (κ2) is 5.98. The zero-order chi connectivity index (χ0) is 10.4. The maximum Gasteiger partial charge on any atom is 0.245 e. The molecule has 1 rings (SSSR count). The fourth-order valence-corrected chi connectivity index (χ4v) is 1.97. The highest BCUT2D eigenvalue weighted by Gasteiger charge is 2.19. The second-order valence-corrected chi connectivity index (χ2v) is 4.06. The summed E-state index contributed by atoms with van der Waals surface area (Å²) >= 11 is 0. The van der Waals surface area contributed by atoms with E-state index in [0.29, 0.717) is 12.0 Å². The zero-order valence-corrected chi connectivity index (χ0v) is 8.79. The van der Waals surface area contributed by atoms with E-state index in [1.165, 1.54) is 32.1 Å².